The average Bonchev–Trinajstić information content (AvgIpc) is 3.19. The number of esters is 3. The maximum Gasteiger partial charge on any atom is 0.345 e. The molecule has 1 atom stereocenters. The number of carbonyl (C=O) groups is 3. The minimum atomic E-state index is -1.31. The number of hydrogen-bond acceptors (Lipinski definition) is 11. The lowest BCUT2D eigenvalue weighted by Gasteiger charge is -2.21. The van der Waals surface area contributed by atoms with Crippen LogP contribution in [0.3, 0.4) is 0 Å². The second-order valence-corrected chi connectivity index (χ2v) is 7.38. The predicted molar refractivity (Wildman–Crippen MR) is 120 cm³/mol. The molecule has 11 nitrogen and oxygen atoms in total. The molecule has 0 radical (unpaired) electrons. The lowest BCUT2D eigenvalue weighted by molar-refractivity contribution is -0.134. The summed E-state index contributed by atoms with van der Waals surface area (Å²) in [5.41, 5.74) is 0.0581. The quantitative estimate of drug-likeness (QED) is 0.336. The zero-order chi connectivity index (χ0) is 26.0. The normalized spacial score (nSPS) is 14.5. The van der Waals surface area contributed by atoms with Gasteiger partial charge in [0, 0.05) is 18.7 Å². The highest BCUT2D eigenvalue weighted by Gasteiger charge is 2.41. The van der Waals surface area contributed by atoms with Crippen molar-refractivity contribution in [1.29, 1.82) is 0 Å². The van der Waals surface area contributed by atoms with Crippen molar-refractivity contribution >= 4 is 24.0 Å². The number of ether oxygens (including phenoxy) is 6. The van der Waals surface area contributed by atoms with Gasteiger partial charge in [0.25, 0.3) is 0 Å². The van der Waals surface area contributed by atoms with Crippen LogP contribution in [0.1, 0.15) is 49.3 Å². The fourth-order valence-electron chi connectivity index (χ4n) is 3.64. The molecule has 2 aromatic rings. The van der Waals surface area contributed by atoms with E-state index < -0.39 is 35.7 Å². The first-order chi connectivity index (χ1) is 16.6. The van der Waals surface area contributed by atoms with Gasteiger partial charge >= 0.3 is 17.9 Å². The molecule has 0 amide bonds. The van der Waals surface area contributed by atoms with E-state index in [1.165, 1.54) is 47.5 Å². The number of benzene rings is 2. The number of fused-ring (bicyclic) bond motifs is 1. The highest BCUT2D eigenvalue weighted by atomic mass is 16.7. The summed E-state index contributed by atoms with van der Waals surface area (Å²) < 4.78 is 31.4. The first-order valence-corrected chi connectivity index (χ1v) is 10.2. The highest BCUT2D eigenvalue weighted by Crippen LogP contribution is 2.52. The predicted octanol–water partition coefficient (Wildman–Crippen LogP) is 3.30. The zero-order valence-corrected chi connectivity index (χ0v) is 19.9. The SMILES string of the molecule is COC(=O)/C=C/c1c(OC)cc(C)c(C(=O)OC)c1Oc1c(O)c(C)c(O)c2c1[C@@H](OC)OC2=O. The van der Waals surface area contributed by atoms with Gasteiger partial charge in [0.15, 0.2) is 17.2 Å². The summed E-state index contributed by atoms with van der Waals surface area (Å²) in [5.74, 6) is -3.65. The average molecular weight is 488 g/mol. The molecule has 0 saturated carbocycles. The summed E-state index contributed by atoms with van der Waals surface area (Å²) in [6.07, 6.45) is 1.07. The van der Waals surface area contributed by atoms with Gasteiger partial charge in [0.1, 0.15) is 22.6 Å². The van der Waals surface area contributed by atoms with E-state index in [-0.39, 0.29) is 45.1 Å². The van der Waals surface area contributed by atoms with Crippen LogP contribution in [-0.4, -0.2) is 56.6 Å². The van der Waals surface area contributed by atoms with Crippen LogP contribution in [0.15, 0.2) is 12.1 Å². The molecule has 0 bridgehead atoms. The topological polar surface area (TPSA) is 147 Å². The van der Waals surface area contributed by atoms with Crippen LogP contribution in [0.25, 0.3) is 6.08 Å². The van der Waals surface area contributed by atoms with E-state index in [0.717, 1.165) is 6.08 Å². The van der Waals surface area contributed by atoms with Crippen LogP contribution in [-0.2, 0) is 23.7 Å². The number of carbonyl (C=O) groups excluding carboxylic acids is 3. The van der Waals surface area contributed by atoms with Crippen LogP contribution in [0.2, 0.25) is 0 Å². The smallest absolute Gasteiger partial charge is 0.345 e. The number of aromatic hydroxyl groups is 2. The minimum absolute atomic E-state index is 0.0455. The maximum atomic E-state index is 12.7. The molecule has 1 aliphatic heterocycles. The Morgan fingerprint density at radius 1 is 1.03 bits per heavy atom. The standard InChI is InChI=1S/C24H24O11/c1-10-9-13(30-3)12(7-8-14(25)31-4)20(15(10)22(28)32-5)34-21-17-16(18(26)11(2)19(21)27)23(29)35-24(17)33-6/h7-9,24,26-27H,1-6H3/b8-7+/t24-/m0/s1. The van der Waals surface area contributed by atoms with E-state index in [1.54, 1.807) is 6.92 Å². The van der Waals surface area contributed by atoms with Gasteiger partial charge in [-0.05, 0) is 31.6 Å². The number of phenols is 2. The number of aryl methyl sites for hydroxylation is 1. The van der Waals surface area contributed by atoms with Gasteiger partial charge < -0.3 is 38.6 Å². The van der Waals surface area contributed by atoms with Crippen molar-refractivity contribution in [3.05, 3.63) is 45.5 Å². The molecule has 1 heterocycles. The Morgan fingerprint density at radius 3 is 2.29 bits per heavy atom. The summed E-state index contributed by atoms with van der Waals surface area (Å²) in [6.45, 7) is 2.97. The molecule has 35 heavy (non-hydrogen) atoms. The Balaban J connectivity index is 2.40. The molecular weight excluding hydrogens is 464 g/mol. The molecule has 0 unspecified atom stereocenters. The molecule has 2 aromatic carbocycles. The van der Waals surface area contributed by atoms with Gasteiger partial charge in [-0.3, -0.25) is 0 Å². The van der Waals surface area contributed by atoms with E-state index in [4.69, 9.17) is 23.7 Å². The van der Waals surface area contributed by atoms with Crippen molar-refractivity contribution < 1.29 is 53.0 Å². The van der Waals surface area contributed by atoms with Crippen molar-refractivity contribution in [2.75, 3.05) is 28.4 Å². The monoisotopic (exact) mass is 488 g/mol. The van der Waals surface area contributed by atoms with Gasteiger partial charge in [-0.15, -0.1) is 0 Å². The lowest BCUT2D eigenvalue weighted by Crippen LogP contribution is -2.10. The molecule has 0 fully saturated rings. The van der Waals surface area contributed by atoms with E-state index >= 15 is 0 Å². The van der Waals surface area contributed by atoms with Crippen molar-refractivity contribution in [1.82, 2.24) is 0 Å². The van der Waals surface area contributed by atoms with E-state index in [0.29, 0.717) is 5.56 Å². The van der Waals surface area contributed by atoms with Crippen LogP contribution in [0.4, 0.5) is 0 Å². The molecule has 2 N–H and O–H groups in total. The molecule has 0 aromatic heterocycles. The van der Waals surface area contributed by atoms with Crippen LogP contribution < -0.4 is 9.47 Å². The number of phenolic OH excluding ortho intramolecular Hbond substituents is 2. The van der Waals surface area contributed by atoms with Crippen LogP contribution in [0.5, 0.6) is 28.7 Å². The van der Waals surface area contributed by atoms with Gasteiger partial charge in [-0.2, -0.15) is 0 Å². The van der Waals surface area contributed by atoms with Gasteiger partial charge in [-0.1, -0.05) is 0 Å². The van der Waals surface area contributed by atoms with Gasteiger partial charge in [0.05, 0.1) is 32.5 Å². The second-order valence-electron chi connectivity index (χ2n) is 7.38. The summed E-state index contributed by atoms with van der Waals surface area (Å²) in [5, 5.41) is 21.4. The number of cyclic esters (lactones) is 1. The molecular formula is C24H24O11. The number of methoxy groups -OCH3 is 4. The van der Waals surface area contributed by atoms with Gasteiger partial charge in [-0.25, -0.2) is 14.4 Å². The second kappa shape index (κ2) is 9.94. The third-order valence-corrected chi connectivity index (χ3v) is 5.42. The molecule has 186 valence electrons. The maximum absolute atomic E-state index is 12.7. The molecule has 3 rings (SSSR count). The lowest BCUT2D eigenvalue weighted by atomic mass is 9.99. The first-order valence-electron chi connectivity index (χ1n) is 10.2. The van der Waals surface area contributed by atoms with E-state index in [2.05, 4.69) is 4.74 Å². The summed E-state index contributed by atoms with van der Waals surface area (Å²) in [7, 11) is 5.00. The van der Waals surface area contributed by atoms with Crippen molar-refractivity contribution in [2.45, 2.75) is 20.1 Å². The van der Waals surface area contributed by atoms with Crippen LogP contribution in [0, 0.1) is 13.8 Å². The van der Waals surface area contributed by atoms with Crippen molar-refractivity contribution in [3.8, 4) is 28.7 Å². The fourth-order valence-corrected chi connectivity index (χ4v) is 3.64. The van der Waals surface area contributed by atoms with Crippen molar-refractivity contribution in [3.63, 3.8) is 0 Å². The van der Waals surface area contributed by atoms with Crippen LogP contribution >= 0.6 is 0 Å². The summed E-state index contributed by atoms with van der Waals surface area (Å²) in [6, 6.07) is 1.53. The van der Waals surface area contributed by atoms with E-state index in [1.807, 2.05) is 0 Å². The number of rotatable bonds is 7. The summed E-state index contributed by atoms with van der Waals surface area (Å²) >= 11 is 0. The molecule has 0 spiro atoms. The Labute approximate surface area is 200 Å². The van der Waals surface area contributed by atoms with Gasteiger partial charge in [0.2, 0.25) is 6.29 Å². The molecule has 0 saturated heterocycles. The third-order valence-electron chi connectivity index (χ3n) is 5.42. The minimum Gasteiger partial charge on any atom is -0.507 e. The van der Waals surface area contributed by atoms with Crippen molar-refractivity contribution in [2.24, 2.45) is 0 Å². The zero-order valence-electron chi connectivity index (χ0n) is 19.9. The first kappa shape index (κ1) is 25.4. The Morgan fingerprint density at radius 2 is 1.71 bits per heavy atom. The molecule has 11 heteroatoms. The largest absolute Gasteiger partial charge is 0.507 e. The Hall–Kier alpha value is -4.25. The fraction of sp³-hybridized carbons (Fsp3) is 0.292. The third kappa shape index (κ3) is 4.33. The molecule has 0 aliphatic carbocycles. The van der Waals surface area contributed by atoms with E-state index in [9.17, 15) is 24.6 Å². The highest BCUT2D eigenvalue weighted by molar-refractivity contribution is 6.00. The molecule has 1 aliphatic rings. The number of hydrogen-bond donors (Lipinski definition) is 2. The Kier molecular flexibility index (Phi) is 7.20. The summed E-state index contributed by atoms with van der Waals surface area (Å²) in [4.78, 5) is 36.9. The Bertz CT molecular complexity index is 1240.